The molecule has 0 unspecified atom stereocenters. The molecule has 0 heterocycles. The molecular formula is C8H8F3NO2. The van der Waals surface area contributed by atoms with E-state index in [9.17, 15) is 13.2 Å². The first-order valence-corrected chi connectivity index (χ1v) is 3.70. The van der Waals surface area contributed by atoms with E-state index in [1.54, 1.807) is 0 Å². The molecule has 14 heavy (non-hydrogen) atoms. The fourth-order valence-electron chi connectivity index (χ4n) is 0.892. The van der Waals surface area contributed by atoms with E-state index >= 15 is 0 Å². The van der Waals surface area contributed by atoms with E-state index in [1.165, 1.54) is 6.07 Å². The topological polar surface area (TPSA) is 55.5 Å². The molecule has 1 rings (SSSR count). The van der Waals surface area contributed by atoms with E-state index in [1.807, 2.05) is 0 Å². The van der Waals surface area contributed by atoms with Crippen molar-refractivity contribution in [1.82, 2.24) is 0 Å². The first-order chi connectivity index (χ1) is 6.42. The summed E-state index contributed by atoms with van der Waals surface area (Å²) >= 11 is 0. The average Bonchev–Trinajstić information content (AvgIpc) is 2.06. The minimum absolute atomic E-state index is 0.0779. The van der Waals surface area contributed by atoms with E-state index in [4.69, 9.17) is 10.8 Å². The molecule has 0 spiro atoms. The predicted molar refractivity (Wildman–Crippen MR) is 42.7 cm³/mol. The van der Waals surface area contributed by atoms with Gasteiger partial charge in [0.1, 0.15) is 0 Å². The summed E-state index contributed by atoms with van der Waals surface area (Å²) in [7, 11) is 0. The summed E-state index contributed by atoms with van der Waals surface area (Å²) in [5, 5.41) is 9.03. The zero-order valence-electron chi connectivity index (χ0n) is 7.01. The van der Waals surface area contributed by atoms with Crippen molar-refractivity contribution in [2.75, 3.05) is 0 Å². The van der Waals surface area contributed by atoms with Crippen LogP contribution in [-0.2, 0) is 6.54 Å². The van der Waals surface area contributed by atoms with Crippen LogP contribution in [0.5, 0.6) is 11.5 Å². The number of ether oxygens (including phenoxy) is 1. The molecule has 78 valence electrons. The maximum Gasteiger partial charge on any atom is 0.573 e. The van der Waals surface area contributed by atoms with Gasteiger partial charge in [0, 0.05) is 6.54 Å². The highest BCUT2D eigenvalue weighted by molar-refractivity contribution is 5.41. The smallest absolute Gasteiger partial charge is 0.504 e. The number of hydrogen-bond acceptors (Lipinski definition) is 3. The monoisotopic (exact) mass is 207 g/mol. The lowest BCUT2D eigenvalue weighted by Gasteiger charge is -2.10. The number of nitrogens with two attached hydrogens (primary N) is 1. The molecule has 0 aliphatic carbocycles. The Bertz CT molecular complexity index is 325. The normalized spacial score (nSPS) is 11.4. The summed E-state index contributed by atoms with van der Waals surface area (Å²) in [6.07, 6.45) is -4.81. The second kappa shape index (κ2) is 3.75. The summed E-state index contributed by atoms with van der Waals surface area (Å²) < 4.78 is 38.9. The number of alkyl halides is 3. The third-order valence-corrected chi connectivity index (χ3v) is 1.49. The molecule has 0 aliphatic heterocycles. The summed E-state index contributed by atoms with van der Waals surface area (Å²) in [5.41, 5.74) is 5.66. The van der Waals surface area contributed by atoms with Crippen LogP contribution < -0.4 is 10.5 Å². The van der Waals surface area contributed by atoms with Crippen LogP contribution in [0.25, 0.3) is 0 Å². The highest BCUT2D eigenvalue weighted by Gasteiger charge is 2.32. The summed E-state index contributed by atoms with van der Waals surface area (Å²) in [5.74, 6) is -1.21. The molecule has 6 heteroatoms. The van der Waals surface area contributed by atoms with Crippen LogP contribution in [0, 0.1) is 0 Å². The third kappa shape index (κ3) is 2.81. The minimum atomic E-state index is -4.81. The van der Waals surface area contributed by atoms with Crippen LogP contribution in [0.3, 0.4) is 0 Å². The number of aromatic hydroxyl groups is 1. The van der Waals surface area contributed by atoms with Crippen molar-refractivity contribution in [2.24, 2.45) is 5.73 Å². The van der Waals surface area contributed by atoms with Crippen molar-refractivity contribution < 1.29 is 23.0 Å². The molecule has 3 nitrogen and oxygen atoms in total. The molecule has 1 aromatic carbocycles. The van der Waals surface area contributed by atoms with E-state index in [-0.39, 0.29) is 6.54 Å². The molecular weight excluding hydrogens is 199 g/mol. The fraction of sp³-hybridized carbons (Fsp3) is 0.250. The second-order valence-electron chi connectivity index (χ2n) is 2.55. The van der Waals surface area contributed by atoms with Crippen LogP contribution >= 0.6 is 0 Å². The fourth-order valence-corrected chi connectivity index (χ4v) is 0.892. The van der Waals surface area contributed by atoms with Gasteiger partial charge < -0.3 is 15.6 Å². The molecule has 0 fully saturated rings. The lowest BCUT2D eigenvalue weighted by molar-refractivity contribution is -0.275. The third-order valence-electron chi connectivity index (χ3n) is 1.49. The van der Waals surface area contributed by atoms with Gasteiger partial charge in [-0.3, -0.25) is 0 Å². The highest BCUT2D eigenvalue weighted by atomic mass is 19.4. The highest BCUT2D eigenvalue weighted by Crippen LogP contribution is 2.31. The molecule has 0 amide bonds. The number of phenols is 1. The molecule has 0 aliphatic rings. The molecule has 1 aromatic rings. The zero-order chi connectivity index (χ0) is 10.8. The Morgan fingerprint density at radius 3 is 2.50 bits per heavy atom. The van der Waals surface area contributed by atoms with Gasteiger partial charge in [0.2, 0.25) is 0 Å². The quantitative estimate of drug-likeness (QED) is 0.776. The van der Waals surface area contributed by atoms with Gasteiger partial charge in [-0.15, -0.1) is 13.2 Å². The standard InChI is InChI=1S/C8H8F3NO2/c9-8(10,11)14-7-3-5(4-12)1-2-6(7)13/h1-3,13H,4,12H2. The van der Waals surface area contributed by atoms with E-state index in [2.05, 4.69) is 4.74 Å². The molecule has 0 saturated carbocycles. The SMILES string of the molecule is NCc1ccc(O)c(OC(F)(F)F)c1. The van der Waals surface area contributed by atoms with Crippen molar-refractivity contribution in [3.63, 3.8) is 0 Å². The van der Waals surface area contributed by atoms with Crippen LogP contribution in [0.4, 0.5) is 13.2 Å². The van der Waals surface area contributed by atoms with Gasteiger partial charge in [-0.2, -0.15) is 0 Å². The van der Waals surface area contributed by atoms with Crippen molar-refractivity contribution in [3.05, 3.63) is 23.8 Å². The molecule has 0 saturated heterocycles. The van der Waals surface area contributed by atoms with E-state index in [0.29, 0.717) is 5.56 Å². The Balaban J connectivity index is 2.95. The van der Waals surface area contributed by atoms with Gasteiger partial charge in [0.05, 0.1) is 0 Å². The van der Waals surface area contributed by atoms with E-state index in [0.717, 1.165) is 12.1 Å². The van der Waals surface area contributed by atoms with Crippen molar-refractivity contribution >= 4 is 0 Å². The zero-order valence-corrected chi connectivity index (χ0v) is 7.01. The van der Waals surface area contributed by atoms with Crippen LogP contribution in [0.15, 0.2) is 18.2 Å². The van der Waals surface area contributed by atoms with Crippen molar-refractivity contribution in [1.29, 1.82) is 0 Å². The lowest BCUT2D eigenvalue weighted by atomic mass is 10.2. The Morgan fingerprint density at radius 1 is 1.36 bits per heavy atom. The predicted octanol–water partition coefficient (Wildman–Crippen LogP) is 1.75. The molecule has 0 atom stereocenters. The number of benzene rings is 1. The summed E-state index contributed by atoms with van der Waals surface area (Å²) in [6.45, 7) is 0.0779. The van der Waals surface area contributed by atoms with Crippen molar-refractivity contribution in [3.8, 4) is 11.5 Å². The maximum absolute atomic E-state index is 11.8. The van der Waals surface area contributed by atoms with Crippen LogP contribution in [-0.4, -0.2) is 11.5 Å². The molecule has 0 bridgehead atoms. The number of halogens is 3. The number of hydrogen-bond donors (Lipinski definition) is 2. The van der Waals surface area contributed by atoms with Gasteiger partial charge in [0.25, 0.3) is 0 Å². The van der Waals surface area contributed by atoms with Gasteiger partial charge in [0.15, 0.2) is 11.5 Å². The van der Waals surface area contributed by atoms with Gasteiger partial charge in [-0.1, -0.05) is 6.07 Å². The Labute approximate surface area is 77.9 Å². The summed E-state index contributed by atoms with van der Waals surface area (Å²) in [6, 6.07) is 3.56. The molecule has 0 radical (unpaired) electrons. The first-order valence-electron chi connectivity index (χ1n) is 3.70. The lowest BCUT2D eigenvalue weighted by Crippen LogP contribution is -2.17. The summed E-state index contributed by atoms with van der Waals surface area (Å²) in [4.78, 5) is 0. The van der Waals surface area contributed by atoms with Gasteiger partial charge in [-0.05, 0) is 17.7 Å². The first kappa shape index (κ1) is 10.6. The number of phenolic OH excluding ortho intramolecular Hbond substituents is 1. The van der Waals surface area contributed by atoms with Crippen LogP contribution in [0.2, 0.25) is 0 Å². The van der Waals surface area contributed by atoms with Crippen LogP contribution in [0.1, 0.15) is 5.56 Å². The molecule has 0 aromatic heterocycles. The minimum Gasteiger partial charge on any atom is -0.504 e. The van der Waals surface area contributed by atoms with Crippen molar-refractivity contribution in [2.45, 2.75) is 12.9 Å². The molecule has 3 N–H and O–H groups in total. The average molecular weight is 207 g/mol. The largest absolute Gasteiger partial charge is 0.573 e. The maximum atomic E-state index is 11.8. The Morgan fingerprint density at radius 2 is 2.00 bits per heavy atom. The number of rotatable bonds is 2. The van der Waals surface area contributed by atoms with Gasteiger partial charge >= 0.3 is 6.36 Å². The van der Waals surface area contributed by atoms with E-state index < -0.39 is 17.9 Å². The Hall–Kier alpha value is -1.43. The Kier molecular flexibility index (Phi) is 2.85. The van der Waals surface area contributed by atoms with Gasteiger partial charge in [-0.25, -0.2) is 0 Å². The second-order valence-corrected chi connectivity index (χ2v) is 2.55.